The van der Waals surface area contributed by atoms with Crippen LogP contribution in [0.1, 0.15) is 24.8 Å². The number of azo groups is 1. The topological polar surface area (TPSA) is 164 Å². The Bertz CT molecular complexity index is 1030. The van der Waals surface area contributed by atoms with Crippen LogP contribution in [0.3, 0.4) is 0 Å². The van der Waals surface area contributed by atoms with Gasteiger partial charge in [0.15, 0.2) is 17.7 Å². The van der Waals surface area contributed by atoms with E-state index in [2.05, 4.69) is 25.2 Å². The van der Waals surface area contributed by atoms with Gasteiger partial charge in [0.25, 0.3) is 5.95 Å². The normalized spacial score (nSPS) is 25.8. The Kier molecular flexibility index (Phi) is 5.20. The molecule has 1 aromatic carbocycles. The van der Waals surface area contributed by atoms with Gasteiger partial charge in [-0.2, -0.15) is 15.1 Å². The second-order valence-corrected chi connectivity index (χ2v) is 6.76. The van der Waals surface area contributed by atoms with E-state index in [1.165, 1.54) is 10.9 Å². The van der Waals surface area contributed by atoms with Crippen LogP contribution in [0.25, 0.3) is 11.2 Å². The number of aromatic nitrogens is 4. The quantitative estimate of drug-likeness (QED) is 0.459. The number of fused-ring (bicyclic) bond motifs is 1. The first-order chi connectivity index (χ1) is 14.0. The van der Waals surface area contributed by atoms with Gasteiger partial charge in [-0.3, -0.25) is 4.57 Å². The lowest BCUT2D eigenvalue weighted by atomic mass is 10.1. The van der Waals surface area contributed by atoms with E-state index in [1.54, 1.807) is 0 Å². The Morgan fingerprint density at radius 2 is 1.97 bits per heavy atom. The lowest BCUT2D eigenvalue weighted by Gasteiger charge is -2.16. The number of imidazole rings is 1. The second kappa shape index (κ2) is 7.79. The van der Waals surface area contributed by atoms with Gasteiger partial charge in [-0.15, -0.1) is 5.11 Å². The molecule has 2 unspecified atom stereocenters. The molecular weight excluding hydrogens is 378 g/mol. The number of nitrogen functional groups attached to an aromatic ring is 1. The van der Waals surface area contributed by atoms with Crippen molar-refractivity contribution in [2.24, 2.45) is 10.2 Å². The van der Waals surface area contributed by atoms with Crippen molar-refractivity contribution < 1.29 is 20.1 Å². The average molecular weight is 399 g/mol. The van der Waals surface area contributed by atoms with Crippen molar-refractivity contribution >= 4 is 22.9 Å². The number of benzene rings is 1. The Morgan fingerprint density at radius 1 is 1.21 bits per heavy atom. The molecule has 0 radical (unpaired) electrons. The largest absolute Gasteiger partial charge is 0.394 e. The SMILES string of the molecule is CC(N=Nc1nc(N)c2ncn(C3O[C@H](CO)[C@@H](O)[C@H]3O)c2n1)c1ccccc1. The van der Waals surface area contributed by atoms with Crippen molar-refractivity contribution in [2.45, 2.75) is 37.5 Å². The molecule has 0 bridgehead atoms. The predicted octanol–water partition coefficient (Wildman–Crippen LogP) is 0.865. The Labute approximate surface area is 165 Å². The molecule has 1 fully saturated rings. The summed E-state index contributed by atoms with van der Waals surface area (Å²) in [4.78, 5) is 12.6. The molecule has 1 aliphatic heterocycles. The standard InChI is InChI=1S/C18H21N7O4/c1-9(10-5-3-2-4-6-10)23-24-18-21-15(19)12-16(22-18)25(8-20-12)17-14(28)13(27)11(7-26)29-17/h2-6,8-9,11,13-14,17,26-28H,7H2,1H3,(H2,19,21,22)/t9?,11-,13-,14-,17?/m1/s1. The molecular formula is C18H21N7O4. The summed E-state index contributed by atoms with van der Waals surface area (Å²) < 4.78 is 6.97. The molecule has 5 atom stereocenters. The molecule has 0 saturated carbocycles. The first-order valence-electron chi connectivity index (χ1n) is 9.08. The lowest BCUT2D eigenvalue weighted by molar-refractivity contribution is -0.0511. The van der Waals surface area contributed by atoms with Crippen LogP contribution in [0.5, 0.6) is 0 Å². The fourth-order valence-electron chi connectivity index (χ4n) is 3.20. The first kappa shape index (κ1) is 19.3. The van der Waals surface area contributed by atoms with Gasteiger partial charge in [0.2, 0.25) is 0 Å². The molecule has 5 N–H and O–H groups in total. The van der Waals surface area contributed by atoms with Crippen molar-refractivity contribution in [3.8, 4) is 0 Å². The van der Waals surface area contributed by atoms with Gasteiger partial charge >= 0.3 is 0 Å². The molecule has 152 valence electrons. The third kappa shape index (κ3) is 3.56. The molecule has 11 heteroatoms. The van der Waals surface area contributed by atoms with Gasteiger partial charge < -0.3 is 25.8 Å². The van der Waals surface area contributed by atoms with E-state index in [-0.39, 0.29) is 23.5 Å². The number of nitrogens with zero attached hydrogens (tertiary/aromatic N) is 6. The summed E-state index contributed by atoms with van der Waals surface area (Å²) in [7, 11) is 0. The van der Waals surface area contributed by atoms with Gasteiger partial charge in [0, 0.05) is 0 Å². The van der Waals surface area contributed by atoms with Crippen molar-refractivity contribution in [1.82, 2.24) is 19.5 Å². The Morgan fingerprint density at radius 3 is 2.66 bits per heavy atom. The third-order valence-corrected chi connectivity index (χ3v) is 4.83. The average Bonchev–Trinajstić information content (AvgIpc) is 3.28. The van der Waals surface area contributed by atoms with E-state index in [0.29, 0.717) is 5.52 Å². The van der Waals surface area contributed by atoms with Crippen LogP contribution >= 0.6 is 0 Å². The molecule has 1 saturated heterocycles. The maximum absolute atomic E-state index is 10.3. The number of ether oxygens (including phenoxy) is 1. The van der Waals surface area contributed by atoms with Gasteiger partial charge in [0.05, 0.1) is 19.0 Å². The van der Waals surface area contributed by atoms with Crippen molar-refractivity contribution in [2.75, 3.05) is 12.3 Å². The summed E-state index contributed by atoms with van der Waals surface area (Å²) in [5, 5.41) is 37.9. The molecule has 3 aromatic rings. The zero-order chi connectivity index (χ0) is 20.5. The maximum Gasteiger partial charge on any atom is 0.272 e. The van der Waals surface area contributed by atoms with Crippen LogP contribution in [0, 0.1) is 0 Å². The second-order valence-electron chi connectivity index (χ2n) is 6.76. The summed E-state index contributed by atoms with van der Waals surface area (Å²) in [5.74, 6) is 0.132. The molecule has 0 amide bonds. The van der Waals surface area contributed by atoms with Gasteiger partial charge in [-0.05, 0) is 12.5 Å². The highest BCUT2D eigenvalue weighted by atomic mass is 16.6. The third-order valence-electron chi connectivity index (χ3n) is 4.83. The number of hydrogen-bond acceptors (Lipinski definition) is 10. The molecule has 0 spiro atoms. The predicted molar refractivity (Wildman–Crippen MR) is 102 cm³/mol. The van der Waals surface area contributed by atoms with Crippen molar-refractivity contribution in [1.29, 1.82) is 0 Å². The van der Waals surface area contributed by atoms with Crippen molar-refractivity contribution in [3.63, 3.8) is 0 Å². The molecule has 3 heterocycles. The lowest BCUT2D eigenvalue weighted by Crippen LogP contribution is -2.33. The molecule has 4 rings (SSSR count). The van der Waals surface area contributed by atoms with E-state index in [4.69, 9.17) is 10.5 Å². The van der Waals surface area contributed by atoms with Gasteiger partial charge in [-0.1, -0.05) is 30.3 Å². The molecule has 2 aromatic heterocycles. The highest BCUT2D eigenvalue weighted by Crippen LogP contribution is 2.32. The van der Waals surface area contributed by atoms with E-state index >= 15 is 0 Å². The fourth-order valence-corrected chi connectivity index (χ4v) is 3.20. The van der Waals surface area contributed by atoms with Crippen LogP contribution in [0.2, 0.25) is 0 Å². The Balaban J connectivity index is 1.66. The number of anilines is 1. The summed E-state index contributed by atoms with van der Waals surface area (Å²) in [5.41, 5.74) is 7.54. The minimum Gasteiger partial charge on any atom is -0.394 e. The van der Waals surface area contributed by atoms with Crippen LogP contribution < -0.4 is 5.73 Å². The minimum absolute atomic E-state index is 0.0336. The number of hydrogen-bond donors (Lipinski definition) is 4. The van der Waals surface area contributed by atoms with Gasteiger partial charge in [-0.25, -0.2) is 4.98 Å². The van der Waals surface area contributed by atoms with E-state index < -0.39 is 31.1 Å². The van der Waals surface area contributed by atoms with E-state index in [1.807, 2.05) is 37.3 Å². The monoisotopic (exact) mass is 399 g/mol. The van der Waals surface area contributed by atoms with Crippen LogP contribution in [-0.2, 0) is 4.74 Å². The zero-order valence-corrected chi connectivity index (χ0v) is 15.6. The van der Waals surface area contributed by atoms with Crippen LogP contribution in [-0.4, -0.2) is 59.8 Å². The summed E-state index contributed by atoms with van der Waals surface area (Å²) in [6.45, 7) is 1.46. The fraction of sp³-hybridized carbons (Fsp3) is 0.389. The highest BCUT2D eigenvalue weighted by molar-refractivity contribution is 5.82. The zero-order valence-electron chi connectivity index (χ0n) is 15.6. The highest BCUT2D eigenvalue weighted by Gasteiger charge is 2.44. The van der Waals surface area contributed by atoms with E-state index in [0.717, 1.165) is 5.56 Å². The minimum atomic E-state index is -1.27. The summed E-state index contributed by atoms with van der Waals surface area (Å²) in [6.07, 6.45) is -3.05. The van der Waals surface area contributed by atoms with Gasteiger partial charge in [0.1, 0.15) is 23.8 Å². The summed E-state index contributed by atoms with van der Waals surface area (Å²) >= 11 is 0. The number of aliphatic hydroxyl groups is 3. The molecule has 11 nitrogen and oxygen atoms in total. The summed E-state index contributed by atoms with van der Waals surface area (Å²) in [6, 6.07) is 9.44. The van der Waals surface area contributed by atoms with Crippen molar-refractivity contribution in [3.05, 3.63) is 42.2 Å². The smallest absolute Gasteiger partial charge is 0.272 e. The number of rotatable bonds is 5. The number of nitrogens with two attached hydrogens (primary N) is 1. The van der Waals surface area contributed by atoms with Crippen LogP contribution in [0.15, 0.2) is 46.9 Å². The Hall–Kier alpha value is -2.99. The first-order valence-corrected chi connectivity index (χ1v) is 9.08. The van der Waals surface area contributed by atoms with E-state index in [9.17, 15) is 15.3 Å². The van der Waals surface area contributed by atoms with Crippen LogP contribution in [0.4, 0.5) is 11.8 Å². The molecule has 0 aliphatic carbocycles. The maximum atomic E-state index is 10.3. The number of aliphatic hydroxyl groups excluding tert-OH is 3. The molecule has 29 heavy (non-hydrogen) atoms. The molecule has 1 aliphatic rings.